The van der Waals surface area contributed by atoms with Crippen LogP contribution in [0.5, 0.6) is 5.75 Å². The molecule has 0 atom stereocenters. The Balaban J connectivity index is 2.49. The first-order valence-corrected chi connectivity index (χ1v) is 5.53. The number of nitrogens with zero attached hydrogens (tertiary/aromatic N) is 1. The zero-order valence-corrected chi connectivity index (χ0v) is 10.1. The minimum atomic E-state index is 0.321. The second kappa shape index (κ2) is 5.23. The standard InChI is InChI=1S/C14H15N3O/c1-18-11-8-6-10(7-9-11)12-4-2-3-5-13(12)14(15)17-16/h2-9H,16H2,1H3,(H2,15,17). The third-order valence-corrected chi connectivity index (χ3v) is 2.74. The van der Waals surface area contributed by atoms with E-state index < -0.39 is 0 Å². The lowest BCUT2D eigenvalue weighted by Crippen LogP contribution is -2.16. The fourth-order valence-corrected chi connectivity index (χ4v) is 1.80. The summed E-state index contributed by atoms with van der Waals surface area (Å²) in [5.41, 5.74) is 8.65. The molecule has 0 unspecified atom stereocenters. The van der Waals surface area contributed by atoms with Gasteiger partial charge in [-0.05, 0) is 23.3 Å². The summed E-state index contributed by atoms with van der Waals surface area (Å²) in [6, 6.07) is 15.5. The van der Waals surface area contributed by atoms with Gasteiger partial charge in [0.15, 0.2) is 5.84 Å². The predicted molar refractivity (Wildman–Crippen MR) is 73.3 cm³/mol. The third kappa shape index (κ3) is 2.27. The van der Waals surface area contributed by atoms with Gasteiger partial charge in [0.25, 0.3) is 0 Å². The van der Waals surface area contributed by atoms with Crippen molar-refractivity contribution >= 4 is 5.84 Å². The van der Waals surface area contributed by atoms with Gasteiger partial charge in [-0.2, -0.15) is 5.10 Å². The van der Waals surface area contributed by atoms with Gasteiger partial charge in [-0.25, -0.2) is 0 Å². The second-order valence-corrected chi connectivity index (χ2v) is 3.79. The summed E-state index contributed by atoms with van der Waals surface area (Å²) < 4.78 is 5.14. The highest BCUT2D eigenvalue weighted by molar-refractivity contribution is 6.03. The van der Waals surface area contributed by atoms with E-state index in [1.807, 2.05) is 48.5 Å². The summed E-state index contributed by atoms with van der Waals surface area (Å²) in [5.74, 6) is 6.38. The number of rotatable bonds is 3. The Morgan fingerprint density at radius 2 is 1.72 bits per heavy atom. The number of benzene rings is 2. The summed E-state index contributed by atoms with van der Waals surface area (Å²) in [5, 5.41) is 3.55. The number of methoxy groups -OCH3 is 1. The van der Waals surface area contributed by atoms with Crippen molar-refractivity contribution in [2.75, 3.05) is 7.11 Å². The van der Waals surface area contributed by atoms with Crippen LogP contribution in [0.25, 0.3) is 11.1 Å². The van der Waals surface area contributed by atoms with Gasteiger partial charge in [-0.15, -0.1) is 0 Å². The Bertz CT molecular complexity index is 562. The molecule has 4 N–H and O–H groups in total. The van der Waals surface area contributed by atoms with Gasteiger partial charge in [0, 0.05) is 5.56 Å². The smallest absolute Gasteiger partial charge is 0.150 e. The van der Waals surface area contributed by atoms with Gasteiger partial charge in [-0.1, -0.05) is 36.4 Å². The lowest BCUT2D eigenvalue weighted by atomic mass is 9.99. The molecule has 0 aliphatic heterocycles. The molecule has 4 heteroatoms. The predicted octanol–water partition coefficient (Wildman–Crippen LogP) is 1.94. The molecule has 0 aliphatic carbocycles. The summed E-state index contributed by atoms with van der Waals surface area (Å²) >= 11 is 0. The number of ether oxygens (including phenoxy) is 1. The van der Waals surface area contributed by atoms with E-state index in [-0.39, 0.29) is 0 Å². The molecule has 92 valence electrons. The Morgan fingerprint density at radius 1 is 1.06 bits per heavy atom. The Hall–Kier alpha value is -2.49. The molecule has 2 aromatic rings. The van der Waals surface area contributed by atoms with E-state index in [4.69, 9.17) is 16.3 Å². The molecule has 0 heterocycles. The van der Waals surface area contributed by atoms with Crippen LogP contribution >= 0.6 is 0 Å². The molecule has 0 fully saturated rings. The van der Waals surface area contributed by atoms with Crippen LogP contribution in [-0.4, -0.2) is 12.9 Å². The zero-order valence-electron chi connectivity index (χ0n) is 10.1. The summed E-state index contributed by atoms with van der Waals surface area (Å²) in [7, 11) is 1.64. The molecule has 18 heavy (non-hydrogen) atoms. The van der Waals surface area contributed by atoms with Crippen molar-refractivity contribution in [2.45, 2.75) is 0 Å². The highest BCUT2D eigenvalue weighted by Gasteiger charge is 2.07. The van der Waals surface area contributed by atoms with Crippen molar-refractivity contribution < 1.29 is 4.74 Å². The summed E-state index contributed by atoms with van der Waals surface area (Å²) in [4.78, 5) is 0. The van der Waals surface area contributed by atoms with Crippen LogP contribution in [-0.2, 0) is 0 Å². The van der Waals surface area contributed by atoms with Crippen LogP contribution in [0.4, 0.5) is 0 Å². The van der Waals surface area contributed by atoms with E-state index in [1.165, 1.54) is 0 Å². The minimum absolute atomic E-state index is 0.321. The van der Waals surface area contributed by atoms with Crippen LogP contribution in [0.2, 0.25) is 0 Å². The van der Waals surface area contributed by atoms with E-state index in [0.29, 0.717) is 5.84 Å². The maximum absolute atomic E-state index is 5.79. The summed E-state index contributed by atoms with van der Waals surface area (Å²) in [6.07, 6.45) is 0. The molecule has 0 amide bonds. The van der Waals surface area contributed by atoms with Gasteiger partial charge >= 0.3 is 0 Å². The first kappa shape index (κ1) is 12.0. The number of hydrogen-bond acceptors (Lipinski definition) is 3. The molecule has 2 aromatic carbocycles. The molecule has 0 aliphatic rings. The van der Waals surface area contributed by atoms with E-state index in [1.54, 1.807) is 7.11 Å². The zero-order chi connectivity index (χ0) is 13.0. The van der Waals surface area contributed by atoms with Crippen molar-refractivity contribution in [1.82, 2.24) is 0 Å². The third-order valence-electron chi connectivity index (χ3n) is 2.74. The van der Waals surface area contributed by atoms with E-state index in [0.717, 1.165) is 22.4 Å². The first-order chi connectivity index (χ1) is 8.76. The molecule has 0 saturated carbocycles. The fourth-order valence-electron chi connectivity index (χ4n) is 1.80. The monoisotopic (exact) mass is 241 g/mol. The molecule has 0 bridgehead atoms. The molecule has 0 spiro atoms. The second-order valence-electron chi connectivity index (χ2n) is 3.79. The van der Waals surface area contributed by atoms with Crippen molar-refractivity contribution in [3.05, 3.63) is 54.1 Å². The first-order valence-electron chi connectivity index (χ1n) is 5.53. The topological polar surface area (TPSA) is 73.6 Å². The van der Waals surface area contributed by atoms with Crippen LogP contribution in [0, 0.1) is 0 Å². The van der Waals surface area contributed by atoms with Gasteiger partial charge < -0.3 is 16.3 Å². The normalized spacial score (nSPS) is 11.3. The highest BCUT2D eigenvalue weighted by Crippen LogP contribution is 2.25. The van der Waals surface area contributed by atoms with Crippen LogP contribution in [0.1, 0.15) is 5.56 Å². The van der Waals surface area contributed by atoms with Crippen molar-refractivity contribution in [3.8, 4) is 16.9 Å². The molecular weight excluding hydrogens is 226 g/mol. The Kier molecular flexibility index (Phi) is 3.48. The number of hydrazone groups is 1. The average molecular weight is 241 g/mol. The highest BCUT2D eigenvalue weighted by atomic mass is 16.5. The van der Waals surface area contributed by atoms with Crippen molar-refractivity contribution in [2.24, 2.45) is 16.7 Å². The fraction of sp³-hybridized carbons (Fsp3) is 0.0714. The minimum Gasteiger partial charge on any atom is -0.497 e. The average Bonchev–Trinajstić information content (AvgIpc) is 2.46. The SMILES string of the molecule is COc1ccc(-c2ccccc2C(N)=NN)cc1. The van der Waals surface area contributed by atoms with Crippen LogP contribution in [0.3, 0.4) is 0 Å². The number of amidine groups is 1. The van der Waals surface area contributed by atoms with Gasteiger partial charge in [-0.3, -0.25) is 0 Å². The Labute approximate surface area is 106 Å². The van der Waals surface area contributed by atoms with E-state index >= 15 is 0 Å². The van der Waals surface area contributed by atoms with Crippen molar-refractivity contribution in [3.63, 3.8) is 0 Å². The van der Waals surface area contributed by atoms with Gasteiger partial charge in [0.1, 0.15) is 5.75 Å². The van der Waals surface area contributed by atoms with E-state index in [9.17, 15) is 0 Å². The molecule has 4 nitrogen and oxygen atoms in total. The van der Waals surface area contributed by atoms with Gasteiger partial charge in [0.2, 0.25) is 0 Å². The lowest BCUT2D eigenvalue weighted by molar-refractivity contribution is 0.415. The quantitative estimate of drug-likeness (QED) is 0.373. The molecular formula is C14H15N3O. The van der Waals surface area contributed by atoms with E-state index in [2.05, 4.69) is 5.10 Å². The molecule has 0 aromatic heterocycles. The number of hydrogen-bond donors (Lipinski definition) is 2. The lowest BCUT2D eigenvalue weighted by Gasteiger charge is -2.09. The molecule has 0 saturated heterocycles. The van der Waals surface area contributed by atoms with Crippen LogP contribution < -0.4 is 16.3 Å². The molecule has 2 rings (SSSR count). The largest absolute Gasteiger partial charge is 0.497 e. The van der Waals surface area contributed by atoms with Gasteiger partial charge in [0.05, 0.1) is 7.11 Å². The van der Waals surface area contributed by atoms with Crippen LogP contribution in [0.15, 0.2) is 53.6 Å². The maximum atomic E-state index is 5.79. The Morgan fingerprint density at radius 3 is 2.33 bits per heavy atom. The molecule has 0 radical (unpaired) electrons. The van der Waals surface area contributed by atoms with Crippen molar-refractivity contribution in [1.29, 1.82) is 0 Å². The maximum Gasteiger partial charge on any atom is 0.150 e. The summed E-state index contributed by atoms with van der Waals surface area (Å²) in [6.45, 7) is 0. The number of nitrogens with two attached hydrogens (primary N) is 2.